The molecule has 0 aliphatic rings. The molecule has 0 bridgehead atoms. The first kappa shape index (κ1) is 7.88. The number of hydrogen-bond acceptors (Lipinski definition) is 3. The second-order valence-electron chi connectivity index (χ2n) is 2.20. The van der Waals surface area contributed by atoms with Crippen LogP contribution in [0.4, 0.5) is 0 Å². The Kier molecular flexibility index (Phi) is 2.33. The third-order valence-electron chi connectivity index (χ3n) is 1.37. The van der Waals surface area contributed by atoms with E-state index in [1.807, 2.05) is 0 Å². The molecule has 0 saturated heterocycles. The molecule has 3 nitrogen and oxygen atoms in total. The normalized spacial score (nSPS) is 9.64. The highest BCUT2D eigenvalue weighted by molar-refractivity contribution is 5.37. The van der Waals surface area contributed by atoms with Crippen molar-refractivity contribution in [3.05, 3.63) is 23.8 Å². The largest absolute Gasteiger partial charge is 0.508 e. The maximum Gasteiger partial charge on any atom is 0.122 e. The third kappa shape index (κ3) is 1.85. The lowest BCUT2D eigenvalue weighted by atomic mass is 10.2. The second kappa shape index (κ2) is 3.25. The number of methoxy groups -OCH3 is 1. The Hall–Kier alpha value is -1.22. The topological polar surface area (TPSA) is 49.7 Å². The molecule has 0 unspecified atom stereocenters. The van der Waals surface area contributed by atoms with Crippen LogP contribution < -0.4 is 4.74 Å². The summed E-state index contributed by atoms with van der Waals surface area (Å²) in [5, 5.41) is 17.8. The smallest absolute Gasteiger partial charge is 0.122 e. The minimum Gasteiger partial charge on any atom is -0.508 e. The van der Waals surface area contributed by atoms with E-state index in [1.165, 1.54) is 19.2 Å². The molecule has 0 amide bonds. The van der Waals surface area contributed by atoms with Gasteiger partial charge in [0.05, 0.1) is 13.7 Å². The van der Waals surface area contributed by atoms with Crippen molar-refractivity contribution in [2.24, 2.45) is 0 Å². The van der Waals surface area contributed by atoms with Gasteiger partial charge in [-0.05, 0) is 17.7 Å². The van der Waals surface area contributed by atoms with Gasteiger partial charge in [-0.25, -0.2) is 0 Å². The molecular weight excluding hydrogens is 144 g/mol. The van der Waals surface area contributed by atoms with E-state index in [-0.39, 0.29) is 12.4 Å². The van der Waals surface area contributed by atoms with Crippen LogP contribution in [0.15, 0.2) is 18.2 Å². The Balaban J connectivity index is 3.02. The number of benzene rings is 1. The van der Waals surface area contributed by atoms with E-state index in [1.54, 1.807) is 6.07 Å². The van der Waals surface area contributed by atoms with Gasteiger partial charge >= 0.3 is 0 Å². The molecular formula is C8H10O3. The van der Waals surface area contributed by atoms with Crippen LogP contribution in [-0.4, -0.2) is 17.3 Å². The second-order valence-corrected chi connectivity index (χ2v) is 2.20. The standard InChI is InChI=1S/C8H10O3/c1-11-8-3-6(5-9)2-7(10)4-8/h2-4,9-10H,5H2,1H3. The number of aliphatic hydroxyl groups is 1. The van der Waals surface area contributed by atoms with Gasteiger partial charge in [0.1, 0.15) is 11.5 Å². The average Bonchev–Trinajstić information content (AvgIpc) is 2.03. The van der Waals surface area contributed by atoms with E-state index < -0.39 is 0 Å². The monoisotopic (exact) mass is 154 g/mol. The molecule has 0 aromatic heterocycles. The molecule has 0 radical (unpaired) electrons. The molecule has 0 aliphatic heterocycles. The summed E-state index contributed by atoms with van der Waals surface area (Å²) in [4.78, 5) is 0. The average molecular weight is 154 g/mol. The Morgan fingerprint density at radius 1 is 1.36 bits per heavy atom. The lowest BCUT2D eigenvalue weighted by Crippen LogP contribution is -1.86. The molecule has 11 heavy (non-hydrogen) atoms. The van der Waals surface area contributed by atoms with E-state index >= 15 is 0 Å². The number of aromatic hydroxyl groups is 1. The van der Waals surface area contributed by atoms with Crippen LogP contribution in [0.3, 0.4) is 0 Å². The maximum absolute atomic E-state index is 9.07. The predicted molar refractivity (Wildman–Crippen MR) is 40.6 cm³/mol. The maximum atomic E-state index is 9.07. The summed E-state index contributed by atoms with van der Waals surface area (Å²) in [6, 6.07) is 4.64. The number of ether oxygens (including phenoxy) is 1. The Morgan fingerprint density at radius 2 is 2.09 bits per heavy atom. The molecule has 0 saturated carbocycles. The van der Waals surface area contributed by atoms with E-state index in [0.717, 1.165) is 0 Å². The Bertz CT molecular complexity index is 223. The summed E-state index contributed by atoms with van der Waals surface area (Å²) in [5.41, 5.74) is 0.641. The Labute approximate surface area is 64.9 Å². The van der Waals surface area contributed by atoms with Gasteiger partial charge in [0.15, 0.2) is 0 Å². The van der Waals surface area contributed by atoms with Crippen LogP contribution in [0.25, 0.3) is 0 Å². The summed E-state index contributed by atoms with van der Waals surface area (Å²) in [7, 11) is 1.51. The van der Waals surface area contributed by atoms with E-state index in [4.69, 9.17) is 14.9 Å². The van der Waals surface area contributed by atoms with Crippen LogP contribution in [0.2, 0.25) is 0 Å². The quantitative estimate of drug-likeness (QED) is 0.665. The summed E-state index contributed by atoms with van der Waals surface area (Å²) < 4.78 is 4.87. The van der Waals surface area contributed by atoms with Crippen LogP contribution in [0.5, 0.6) is 11.5 Å². The zero-order valence-electron chi connectivity index (χ0n) is 6.24. The first-order valence-electron chi connectivity index (χ1n) is 3.24. The van der Waals surface area contributed by atoms with Crippen LogP contribution in [0, 0.1) is 0 Å². The van der Waals surface area contributed by atoms with Crippen LogP contribution >= 0.6 is 0 Å². The van der Waals surface area contributed by atoms with Crippen molar-refractivity contribution in [1.29, 1.82) is 0 Å². The minimum absolute atomic E-state index is 0.0925. The van der Waals surface area contributed by atoms with Crippen molar-refractivity contribution in [2.75, 3.05) is 7.11 Å². The first-order chi connectivity index (χ1) is 5.26. The predicted octanol–water partition coefficient (Wildman–Crippen LogP) is 0.893. The molecule has 1 aromatic carbocycles. The van der Waals surface area contributed by atoms with Crippen molar-refractivity contribution < 1.29 is 14.9 Å². The SMILES string of the molecule is COc1cc(O)cc(CO)c1. The number of rotatable bonds is 2. The van der Waals surface area contributed by atoms with Gasteiger partial charge in [-0.3, -0.25) is 0 Å². The van der Waals surface area contributed by atoms with Gasteiger partial charge in [0, 0.05) is 6.07 Å². The summed E-state index contributed by atoms with van der Waals surface area (Å²) in [6.07, 6.45) is 0. The molecule has 0 heterocycles. The molecule has 3 heteroatoms. The molecule has 0 fully saturated rings. The number of hydrogen-bond donors (Lipinski definition) is 2. The summed E-state index contributed by atoms with van der Waals surface area (Å²) in [5.74, 6) is 0.655. The fourth-order valence-electron chi connectivity index (χ4n) is 0.853. The molecule has 60 valence electrons. The molecule has 2 N–H and O–H groups in total. The van der Waals surface area contributed by atoms with Gasteiger partial charge in [-0.15, -0.1) is 0 Å². The van der Waals surface area contributed by atoms with Gasteiger partial charge in [-0.1, -0.05) is 0 Å². The minimum atomic E-state index is -0.0925. The molecule has 0 atom stereocenters. The van der Waals surface area contributed by atoms with Crippen molar-refractivity contribution in [2.45, 2.75) is 6.61 Å². The van der Waals surface area contributed by atoms with E-state index in [9.17, 15) is 0 Å². The van der Waals surface area contributed by atoms with Crippen LogP contribution in [0.1, 0.15) is 5.56 Å². The molecule has 0 aliphatic carbocycles. The summed E-state index contributed by atoms with van der Waals surface area (Å²) >= 11 is 0. The highest BCUT2D eigenvalue weighted by atomic mass is 16.5. The Morgan fingerprint density at radius 3 is 2.64 bits per heavy atom. The van der Waals surface area contributed by atoms with Crippen molar-refractivity contribution in [1.82, 2.24) is 0 Å². The van der Waals surface area contributed by atoms with Crippen molar-refractivity contribution >= 4 is 0 Å². The van der Waals surface area contributed by atoms with Crippen LogP contribution in [-0.2, 0) is 6.61 Å². The lowest BCUT2D eigenvalue weighted by Gasteiger charge is -2.02. The van der Waals surface area contributed by atoms with Crippen molar-refractivity contribution in [3.63, 3.8) is 0 Å². The molecule has 1 rings (SSSR count). The zero-order valence-corrected chi connectivity index (χ0v) is 6.24. The fourth-order valence-corrected chi connectivity index (χ4v) is 0.853. The van der Waals surface area contributed by atoms with Crippen molar-refractivity contribution in [3.8, 4) is 11.5 Å². The highest BCUT2D eigenvalue weighted by Gasteiger charge is 1.97. The lowest BCUT2D eigenvalue weighted by molar-refractivity contribution is 0.280. The first-order valence-corrected chi connectivity index (χ1v) is 3.24. The van der Waals surface area contributed by atoms with Gasteiger partial charge in [0.25, 0.3) is 0 Å². The van der Waals surface area contributed by atoms with Gasteiger partial charge < -0.3 is 14.9 Å². The zero-order chi connectivity index (χ0) is 8.27. The fraction of sp³-hybridized carbons (Fsp3) is 0.250. The number of aliphatic hydroxyl groups excluding tert-OH is 1. The molecule has 1 aromatic rings. The highest BCUT2D eigenvalue weighted by Crippen LogP contribution is 2.20. The third-order valence-corrected chi connectivity index (χ3v) is 1.37. The van der Waals surface area contributed by atoms with Gasteiger partial charge in [0.2, 0.25) is 0 Å². The molecule has 0 spiro atoms. The summed E-state index contributed by atoms with van der Waals surface area (Å²) in [6.45, 7) is -0.0925. The van der Waals surface area contributed by atoms with Gasteiger partial charge in [-0.2, -0.15) is 0 Å². The number of phenolic OH excluding ortho intramolecular Hbond substituents is 1. The number of phenols is 1. The van der Waals surface area contributed by atoms with E-state index in [0.29, 0.717) is 11.3 Å². The van der Waals surface area contributed by atoms with E-state index in [2.05, 4.69) is 0 Å².